The molecule has 0 atom stereocenters. The second-order valence-electron chi connectivity index (χ2n) is 7.21. The van der Waals surface area contributed by atoms with Crippen molar-refractivity contribution in [3.8, 4) is 0 Å². The molecule has 5 rings (SSSR count). The SMILES string of the molecule is C.C.C.CN1C(=O)c2ccccc2C1=O.CN1CCCC1=O.Cn1cccc1.Cn1ccnc1. The van der Waals surface area contributed by atoms with E-state index in [1.165, 1.54) is 7.05 Å². The minimum atomic E-state index is -0.212. The number of likely N-dealkylation sites (tertiary alicyclic amines) is 1. The molecular formula is C26H41N5O3. The van der Waals surface area contributed by atoms with Crippen molar-refractivity contribution in [2.45, 2.75) is 35.1 Å². The second-order valence-corrected chi connectivity index (χ2v) is 7.21. The van der Waals surface area contributed by atoms with Gasteiger partial charge in [0.25, 0.3) is 11.8 Å². The predicted molar refractivity (Wildman–Crippen MR) is 139 cm³/mol. The summed E-state index contributed by atoms with van der Waals surface area (Å²) in [7, 11) is 7.27. The molecule has 2 aliphatic heterocycles. The molecule has 0 unspecified atom stereocenters. The Kier molecular flexibility index (Phi) is 15.3. The monoisotopic (exact) mass is 471 g/mol. The molecule has 34 heavy (non-hydrogen) atoms. The van der Waals surface area contributed by atoms with Gasteiger partial charge in [-0.2, -0.15) is 0 Å². The third-order valence-corrected chi connectivity index (χ3v) is 4.70. The molecule has 1 fully saturated rings. The van der Waals surface area contributed by atoms with Crippen molar-refractivity contribution in [3.63, 3.8) is 0 Å². The maximum atomic E-state index is 11.3. The van der Waals surface area contributed by atoms with Crippen LogP contribution in [0, 0.1) is 0 Å². The first-order valence-electron chi connectivity index (χ1n) is 9.95. The van der Waals surface area contributed by atoms with Gasteiger partial charge in [0.15, 0.2) is 0 Å². The zero-order valence-corrected chi connectivity index (χ0v) is 18.4. The fourth-order valence-electron chi connectivity index (χ4n) is 2.84. The first-order chi connectivity index (χ1) is 14.8. The zero-order chi connectivity index (χ0) is 22.8. The Balaban J connectivity index is 0. The van der Waals surface area contributed by atoms with Gasteiger partial charge in [-0.25, -0.2) is 4.98 Å². The van der Waals surface area contributed by atoms with Crippen molar-refractivity contribution in [1.29, 1.82) is 0 Å². The lowest BCUT2D eigenvalue weighted by molar-refractivity contribution is -0.126. The summed E-state index contributed by atoms with van der Waals surface area (Å²) in [5.74, 6) is -0.133. The van der Waals surface area contributed by atoms with Gasteiger partial charge in [0.1, 0.15) is 0 Å². The minimum Gasteiger partial charge on any atom is -0.357 e. The predicted octanol–water partition coefficient (Wildman–Crippen LogP) is 4.50. The van der Waals surface area contributed by atoms with E-state index in [9.17, 15) is 14.4 Å². The molecule has 8 heteroatoms. The maximum absolute atomic E-state index is 11.3. The standard InChI is InChI=1S/C9H7NO2.C5H9NO.C5H7N.C4H6N2.3CH4/c1-10-8(11)6-4-2-3-5-7(6)9(10)12;1-6-4-2-3-5(6)7;1-6-4-2-3-5-6;1-6-3-2-5-4-6;;;/h2-5H,1H3;2-4H2,1H3;2-5H,1H3;2-4H,1H3;3*1H4. The Morgan fingerprint density at radius 1 is 0.735 bits per heavy atom. The van der Waals surface area contributed by atoms with Crippen LogP contribution in [0.4, 0.5) is 0 Å². The maximum Gasteiger partial charge on any atom is 0.261 e. The van der Waals surface area contributed by atoms with E-state index < -0.39 is 0 Å². The molecule has 1 saturated heterocycles. The lowest BCUT2D eigenvalue weighted by Gasteiger charge is -2.03. The van der Waals surface area contributed by atoms with E-state index in [1.54, 1.807) is 41.7 Å². The first kappa shape index (κ1) is 32.5. The number of aryl methyl sites for hydroxylation is 2. The van der Waals surface area contributed by atoms with Crippen molar-refractivity contribution in [2.75, 3.05) is 20.6 Å². The topological polar surface area (TPSA) is 80.4 Å². The highest BCUT2D eigenvalue weighted by Crippen LogP contribution is 2.20. The van der Waals surface area contributed by atoms with Gasteiger partial charge >= 0.3 is 0 Å². The van der Waals surface area contributed by atoms with Crippen LogP contribution in [0.15, 0.2) is 67.5 Å². The van der Waals surface area contributed by atoms with Gasteiger partial charge in [-0.05, 0) is 30.7 Å². The Morgan fingerprint density at radius 3 is 1.50 bits per heavy atom. The number of fused-ring (bicyclic) bond motifs is 1. The number of rotatable bonds is 0. The molecule has 0 radical (unpaired) electrons. The van der Waals surface area contributed by atoms with Gasteiger partial charge in [0.2, 0.25) is 5.91 Å². The van der Waals surface area contributed by atoms with Crippen LogP contribution in [0.1, 0.15) is 55.8 Å². The smallest absolute Gasteiger partial charge is 0.261 e. The summed E-state index contributed by atoms with van der Waals surface area (Å²) in [6.45, 7) is 0.957. The molecule has 1 aromatic carbocycles. The number of aromatic nitrogens is 3. The van der Waals surface area contributed by atoms with Crippen molar-refractivity contribution in [2.24, 2.45) is 14.1 Å². The quantitative estimate of drug-likeness (QED) is 0.452. The van der Waals surface area contributed by atoms with Crippen LogP contribution >= 0.6 is 0 Å². The Bertz CT molecular complexity index is 915. The Morgan fingerprint density at radius 2 is 1.26 bits per heavy atom. The fourth-order valence-corrected chi connectivity index (χ4v) is 2.84. The van der Waals surface area contributed by atoms with Crippen LogP contribution in [0.5, 0.6) is 0 Å². The number of amides is 3. The molecule has 0 saturated carbocycles. The number of benzene rings is 1. The highest BCUT2D eigenvalue weighted by atomic mass is 16.2. The van der Waals surface area contributed by atoms with Gasteiger partial charge < -0.3 is 14.0 Å². The number of carbonyl (C=O) groups excluding carboxylic acids is 3. The first-order valence-corrected chi connectivity index (χ1v) is 9.95. The molecule has 8 nitrogen and oxygen atoms in total. The number of imide groups is 1. The summed E-state index contributed by atoms with van der Waals surface area (Å²) in [6, 6.07) is 10.8. The van der Waals surface area contributed by atoms with Crippen LogP contribution in [-0.2, 0) is 18.9 Å². The molecule has 2 aliphatic rings. The Hall–Kier alpha value is -3.68. The van der Waals surface area contributed by atoms with Crippen molar-refractivity contribution >= 4 is 17.7 Å². The van der Waals surface area contributed by atoms with E-state index in [0.29, 0.717) is 17.0 Å². The molecule has 0 N–H and O–H groups in total. The number of hydrogen-bond acceptors (Lipinski definition) is 4. The normalized spacial score (nSPS) is 12.9. The lowest BCUT2D eigenvalue weighted by atomic mass is 10.1. The molecule has 0 bridgehead atoms. The fraction of sp³-hybridized carbons (Fsp3) is 0.385. The highest BCUT2D eigenvalue weighted by Gasteiger charge is 2.31. The van der Waals surface area contributed by atoms with Gasteiger partial charge in [0.05, 0.1) is 17.5 Å². The number of carbonyl (C=O) groups is 3. The summed E-state index contributed by atoms with van der Waals surface area (Å²) in [5, 5.41) is 0. The molecule has 0 aliphatic carbocycles. The zero-order valence-electron chi connectivity index (χ0n) is 18.4. The molecule has 188 valence electrons. The van der Waals surface area contributed by atoms with Gasteiger partial charge in [-0.3, -0.25) is 19.3 Å². The van der Waals surface area contributed by atoms with Crippen molar-refractivity contribution in [1.82, 2.24) is 23.9 Å². The van der Waals surface area contributed by atoms with Crippen LogP contribution in [0.2, 0.25) is 0 Å². The summed E-state index contributed by atoms with van der Waals surface area (Å²) in [5.41, 5.74) is 1.01. The summed E-state index contributed by atoms with van der Waals surface area (Å²) < 4.78 is 3.89. The Labute approximate surface area is 204 Å². The third-order valence-electron chi connectivity index (χ3n) is 4.70. The number of imidazole rings is 1. The van der Waals surface area contributed by atoms with E-state index in [4.69, 9.17) is 0 Å². The van der Waals surface area contributed by atoms with Crippen LogP contribution in [0.3, 0.4) is 0 Å². The van der Waals surface area contributed by atoms with Crippen LogP contribution in [-0.4, -0.2) is 62.3 Å². The largest absolute Gasteiger partial charge is 0.357 e. The molecule has 2 aromatic heterocycles. The molecule has 4 heterocycles. The van der Waals surface area contributed by atoms with Crippen LogP contribution in [0.25, 0.3) is 0 Å². The molecular weight excluding hydrogens is 430 g/mol. The van der Waals surface area contributed by atoms with E-state index >= 15 is 0 Å². The minimum absolute atomic E-state index is 0. The molecule has 3 amide bonds. The lowest BCUT2D eigenvalue weighted by Crippen LogP contribution is -2.24. The second kappa shape index (κ2) is 16.0. The van der Waals surface area contributed by atoms with Gasteiger partial charge in [-0.15, -0.1) is 0 Å². The van der Waals surface area contributed by atoms with E-state index in [2.05, 4.69) is 4.98 Å². The summed E-state index contributed by atoms with van der Waals surface area (Å²) in [4.78, 5) is 39.8. The summed E-state index contributed by atoms with van der Waals surface area (Å²) in [6.07, 6.45) is 11.2. The van der Waals surface area contributed by atoms with Crippen molar-refractivity contribution in [3.05, 3.63) is 78.6 Å². The average Bonchev–Trinajstić information content (AvgIpc) is 3.56. The molecule has 3 aromatic rings. The van der Waals surface area contributed by atoms with Gasteiger partial charge in [0, 0.05) is 65.9 Å². The number of hydrogen-bond donors (Lipinski definition) is 0. The van der Waals surface area contributed by atoms with E-state index in [0.717, 1.165) is 24.3 Å². The summed E-state index contributed by atoms with van der Waals surface area (Å²) >= 11 is 0. The van der Waals surface area contributed by atoms with E-state index in [1.807, 2.05) is 61.0 Å². The molecule has 0 spiro atoms. The number of nitrogens with zero attached hydrogens (tertiary/aromatic N) is 5. The van der Waals surface area contributed by atoms with Gasteiger partial charge in [-0.1, -0.05) is 34.4 Å². The van der Waals surface area contributed by atoms with Crippen molar-refractivity contribution < 1.29 is 14.4 Å². The van der Waals surface area contributed by atoms with Crippen LogP contribution < -0.4 is 0 Å². The average molecular weight is 472 g/mol. The third kappa shape index (κ3) is 9.44. The van der Waals surface area contributed by atoms with E-state index in [-0.39, 0.29) is 34.1 Å². The highest BCUT2D eigenvalue weighted by molar-refractivity contribution is 6.21.